The molecule has 1 aromatic carbocycles. The van der Waals surface area contributed by atoms with Crippen LogP contribution < -0.4 is 5.32 Å². The number of rotatable bonds is 5. The van der Waals surface area contributed by atoms with Crippen molar-refractivity contribution >= 4 is 0 Å². The first kappa shape index (κ1) is 12.7. The second-order valence-corrected chi connectivity index (χ2v) is 3.96. The van der Waals surface area contributed by atoms with E-state index in [0.29, 0.717) is 23.6 Å². The first-order valence-electron chi connectivity index (χ1n) is 5.80. The summed E-state index contributed by atoms with van der Waals surface area (Å²) < 4.78 is 31.5. The molecule has 3 nitrogen and oxygen atoms in total. The summed E-state index contributed by atoms with van der Waals surface area (Å²) in [4.78, 5) is 4.05. The van der Waals surface area contributed by atoms with Gasteiger partial charge in [-0.25, -0.2) is 13.8 Å². The summed E-state index contributed by atoms with van der Waals surface area (Å²) in [6.45, 7) is 3.42. The van der Waals surface area contributed by atoms with Crippen molar-refractivity contribution in [2.45, 2.75) is 19.9 Å². The molecule has 0 spiro atoms. The van der Waals surface area contributed by atoms with Crippen LogP contribution in [0.25, 0.3) is 11.3 Å². The third-order valence-corrected chi connectivity index (χ3v) is 2.49. The van der Waals surface area contributed by atoms with Crippen LogP contribution in [0.1, 0.15) is 19.0 Å². The molecule has 0 bridgehead atoms. The Hall–Kier alpha value is -1.75. The maximum atomic E-state index is 13.1. The minimum atomic E-state index is -0.631. The van der Waals surface area contributed by atoms with Gasteiger partial charge in [-0.2, -0.15) is 0 Å². The van der Waals surface area contributed by atoms with E-state index in [9.17, 15) is 8.78 Å². The van der Waals surface area contributed by atoms with Crippen LogP contribution in [0.3, 0.4) is 0 Å². The molecule has 2 rings (SSSR count). The maximum absolute atomic E-state index is 13.1. The van der Waals surface area contributed by atoms with Gasteiger partial charge in [-0.15, -0.1) is 0 Å². The molecule has 0 aliphatic carbocycles. The highest BCUT2D eigenvalue weighted by Crippen LogP contribution is 2.24. The Bertz CT molecular complexity index is 505. The van der Waals surface area contributed by atoms with Gasteiger partial charge in [-0.1, -0.05) is 6.92 Å². The standard InChI is InChI=1S/C13H14F2N2O/c1-2-3-16-7-12-13(18-8-17-12)9-4-10(14)6-11(15)5-9/h4-6,8,16H,2-3,7H2,1H3. The van der Waals surface area contributed by atoms with Crippen molar-refractivity contribution in [3.05, 3.63) is 41.9 Å². The first-order valence-corrected chi connectivity index (χ1v) is 5.80. The van der Waals surface area contributed by atoms with Gasteiger partial charge in [0.25, 0.3) is 0 Å². The lowest BCUT2D eigenvalue weighted by molar-refractivity contribution is 0.561. The van der Waals surface area contributed by atoms with Gasteiger partial charge >= 0.3 is 0 Å². The predicted molar refractivity (Wildman–Crippen MR) is 63.9 cm³/mol. The fourth-order valence-corrected chi connectivity index (χ4v) is 1.70. The van der Waals surface area contributed by atoms with Crippen molar-refractivity contribution in [2.75, 3.05) is 6.54 Å². The number of oxazole rings is 1. The quantitative estimate of drug-likeness (QED) is 0.831. The van der Waals surface area contributed by atoms with Gasteiger partial charge in [0, 0.05) is 18.2 Å². The van der Waals surface area contributed by atoms with Gasteiger partial charge in [0.1, 0.15) is 17.3 Å². The zero-order valence-electron chi connectivity index (χ0n) is 10.0. The smallest absolute Gasteiger partial charge is 0.181 e. The molecule has 0 saturated carbocycles. The molecule has 2 aromatic rings. The molecule has 0 fully saturated rings. The van der Waals surface area contributed by atoms with Crippen molar-refractivity contribution < 1.29 is 13.2 Å². The van der Waals surface area contributed by atoms with E-state index in [1.807, 2.05) is 0 Å². The fraction of sp³-hybridized carbons (Fsp3) is 0.308. The number of nitrogens with one attached hydrogen (secondary N) is 1. The van der Waals surface area contributed by atoms with E-state index >= 15 is 0 Å². The van der Waals surface area contributed by atoms with E-state index in [4.69, 9.17) is 4.42 Å². The topological polar surface area (TPSA) is 38.1 Å². The molecule has 1 heterocycles. The molecule has 1 N–H and O–H groups in total. The summed E-state index contributed by atoms with van der Waals surface area (Å²) >= 11 is 0. The third-order valence-electron chi connectivity index (χ3n) is 2.49. The van der Waals surface area contributed by atoms with Crippen LogP contribution in [-0.2, 0) is 6.54 Å². The maximum Gasteiger partial charge on any atom is 0.181 e. The molecule has 0 atom stereocenters. The SMILES string of the molecule is CCCNCc1ncoc1-c1cc(F)cc(F)c1. The molecule has 0 unspecified atom stereocenters. The Morgan fingerprint density at radius 3 is 2.61 bits per heavy atom. The van der Waals surface area contributed by atoms with E-state index in [1.165, 1.54) is 18.5 Å². The fourth-order valence-electron chi connectivity index (χ4n) is 1.70. The van der Waals surface area contributed by atoms with Crippen molar-refractivity contribution in [1.29, 1.82) is 0 Å². The Balaban J connectivity index is 2.24. The van der Waals surface area contributed by atoms with Crippen LogP contribution in [0.4, 0.5) is 8.78 Å². The molecule has 0 radical (unpaired) electrons. The molecule has 1 aromatic heterocycles. The van der Waals surface area contributed by atoms with Crippen molar-refractivity contribution in [1.82, 2.24) is 10.3 Å². The van der Waals surface area contributed by atoms with Crippen LogP contribution in [0.5, 0.6) is 0 Å². The van der Waals surface area contributed by atoms with Crippen LogP contribution in [0.2, 0.25) is 0 Å². The molecule has 0 aliphatic heterocycles. The highest BCUT2D eigenvalue weighted by atomic mass is 19.1. The molecular weight excluding hydrogens is 238 g/mol. The van der Waals surface area contributed by atoms with Gasteiger partial charge in [-0.3, -0.25) is 0 Å². The Morgan fingerprint density at radius 1 is 1.22 bits per heavy atom. The highest BCUT2D eigenvalue weighted by Gasteiger charge is 2.12. The summed E-state index contributed by atoms with van der Waals surface area (Å²) in [5, 5.41) is 3.17. The van der Waals surface area contributed by atoms with Crippen LogP contribution in [0, 0.1) is 11.6 Å². The van der Waals surface area contributed by atoms with E-state index in [2.05, 4.69) is 17.2 Å². The average molecular weight is 252 g/mol. The lowest BCUT2D eigenvalue weighted by Crippen LogP contribution is -2.14. The number of benzene rings is 1. The summed E-state index contributed by atoms with van der Waals surface area (Å²) in [5.41, 5.74) is 1.01. The zero-order chi connectivity index (χ0) is 13.0. The highest BCUT2D eigenvalue weighted by molar-refractivity contribution is 5.59. The first-order chi connectivity index (χ1) is 8.70. The normalized spacial score (nSPS) is 10.8. The number of aromatic nitrogens is 1. The third kappa shape index (κ3) is 2.92. The van der Waals surface area contributed by atoms with E-state index in [1.54, 1.807) is 0 Å². The van der Waals surface area contributed by atoms with Gasteiger partial charge < -0.3 is 9.73 Å². The van der Waals surface area contributed by atoms with E-state index in [0.717, 1.165) is 19.0 Å². The largest absolute Gasteiger partial charge is 0.443 e. The second kappa shape index (κ2) is 5.73. The van der Waals surface area contributed by atoms with E-state index in [-0.39, 0.29) is 0 Å². The molecule has 0 aliphatic rings. The molecule has 0 saturated heterocycles. The van der Waals surface area contributed by atoms with Crippen molar-refractivity contribution in [2.24, 2.45) is 0 Å². The summed E-state index contributed by atoms with van der Waals surface area (Å²) in [5.74, 6) is -0.861. The summed E-state index contributed by atoms with van der Waals surface area (Å²) in [6, 6.07) is 3.29. The lowest BCUT2D eigenvalue weighted by atomic mass is 10.1. The Kier molecular flexibility index (Phi) is 4.04. The predicted octanol–water partition coefficient (Wildman–Crippen LogP) is 3.12. The molecule has 5 heteroatoms. The van der Waals surface area contributed by atoms with Crippen molar-refractivity contribution in [3.8, 4) is 11.3 Å². The van der Waals surface area contributed by atoms with E-state index < -0.39 is 11.6 Å². The second-order valence-electron chi connectivity index (χ2n) is 3.96. The lowest BCUT2D eigenvalue weighted by Gasteiger charge is -2.03. The van der Waals surface area contributed by atoms with Gasteiger partial charge in [-0.05, 0) is 25.1 Å². The minimum Gasteiger partial charge on any atom is -0.443 e. The summed E-state index contributed by atoms with van der Waals surface area (Å²) in [7, 11) is 0. The van der Waals surface area contributed by atoms with Gasteiger partial charge in [0.05, 0.1) is 0 Å². The number of nitrogens with zero attached hydrogens (tertiary/aromatic N) is 1. The van der Waals surface area contributed by atoms with Crippen LogP contribution in [0.15, 0.2) is 29.0 Å². The zero-order valence-corrected chi connectivity index (χ0v) is 10.0. The van der Waals surface area contributed by atoms with Gasteiger partial charge in [0.2, 0.25) is 0 Å². The number of halogens is 2. The van der Waals surface area contributed by atoms with Crippen molar-refractivity contribution in [3.63, 3.8) is 0 Å². The Labute approximate surface area is 104 Å². The van der Waals surface area contributed by atoms with Gasteiger partial charge in [0.15, 0.2) is 12.2 Å². The summed E-state index contributed by atoms with van der Waals surface area (Å²) in [6.07, 6.45) is 2.28. The van der Waals surface area contributed by atoms with Crippen LogP contribution >= 0.6 is 0 Å². The average Bonchev–Trinajstić information content (AvgIpc) is 2.76. The molecule has 18 heavy (non-hydrogen) atoms. The monoisotopic (exact) mass is 252 g/mol. The van der Waals surface area contributed by atoms with Crippen LogP contribution in [-0.4, -0.2) is 11.5 Å². The molecule has 0 amide bonds. The molecule has 96 valence electrons. The number of hydrogen-bond donors (Lipinski definition) is 1. The molecular formula is C13H14F2N2O. The number of hydrogen-bond acceptors (Lipinski definition) is 3. The Morgan fingerprint density at radius 2 is 1.94 bits per heavy atom. The minimum absolute atomic E-state index is 0.360.